The molecule has 54 valence electrons. The quantitative estimate of drug-likeness (QED) is 0.378. The molecule has 0 spiro atoms. The molecule has 10 heavy (non-hydrogen) atoms. The summed E-state index contributed by atoms with van der Waals surface area (Å²) in [6, 6.07) is 1.95. The monoisotopic (exact) mass is 155 g/mol. The van der Waals surface area contributed by atoms with Crippen LogP contribution in [-0.4, -0.2) is 17.5 Å². The number of hydrogen-bond donors (Lipinski definition) is 1. The normalized spacial score (nSPS) is 10.6. The van der Waals surface area contributed by atoms with Crippen molar-refractivity contribution in [1.29, 1.82) is 5.26 Å². The van der Waals surface area contributed by atoms with Gasteiger partial charge in [-0.15, -0.1) is 11.8 Å². The lowest BCUT2D eigenvalue weighted by molar-refractivity contribution is 0.322. The second kappa shape index (κ2) is 6.40. The van der Waals surface area contributed by atoms with Crippen molar-refractivity contribution in [2.45, 2.75) is 0 Å². The molecule has 0 atom stereocenters. The molecule has 0 aromatic carbocycles. The first-order valence-corrected chi connectivity index (χ1v) is 3.85. The van der Waals surface area contributed by atoms with Crippen LogP contribution in [0.1, 0.15) is 0 Å². The van der Waals surface area contributed by atoms with E-state index in [0.717, 1.165) is 0 Å². The SMILES string of the molecule is C=CC(C#N)=CSCCO. The molecule has 0 saturated heterocycles. The van der Waals surface area contributed by atoms with Crippen molar-refractivity contribution in [3.63, 3.8) is 0 Å². The predicted molar refractivity (Wildman–Crippen MR) is 43.4 cm³/mol. The third-order valence-corrected chi connectivity index (χ3v) is 1.61. The van der Waals surface area contributed by atoms with Crippen molar-refractivity contribution < 1.29 is 5.11 Å². The number of aliphatic hydroxyl groups excluding tert-OH is 1. The molecule has 0 aromatic rings. The van der Waals surface area contributed by atoms with E-state index in [1.807, 2.05) is 6.07 Å². The van der Waals surface area contributed by atoms with Gasteiger partial charge in [-0.1, -0.05) is 12.7 Å². The van der Waals surface area contributed by atoms with Crippen LogP contribution in [0.2, 0.25) is 0 Å². The van der Waals surface area contributed by atoms with Gasteiger partial charge in [0.1, 0.15) is 0 Å². The number of allylic oxidation sites excluding steroid dienone is 2. The summed E-state index contributed by atoms with van der Waals surface area (Å²) < 4.78 is 0. The predicted octanol–water partition coefficient (Wildman–Crippen LogP) is 1.31. The first kappa shape index (κ1) is 9.28. The number of rotatable bonds is 4. The Hall–Kier alpha value is -0.720. The highest BCUT2D eigenvalue weighted by atomic mass is 32.2. The van der Waals surface area contributed by atoms with Gasteiger partial charge in [0.05, 0.1) is 18.2 Å². The van der Waals surface area contributed by atoms with Crippen LogP contribution in [-0.2, 0) is 0 Å². The number of nitriles is 1. The fraction of sp³-hybridized carbons (Fsp3) is 0.286. The smallest absolute Gasteiger partial charge is 0.0996 e. The maximum absolute atomic E-state index is 8.37. The standard InChI is InChI=1S/C7H9NOS/c1-2-7(5-8)6-10-4-3-9/h2,6,9H,1,3-4H2. The van der Waals surface area contributed by atoms with Gasteiger partial charge in [-0.25, -0.2) is 0 Å². The van der Waals surface area contributed by atoms with Crippen LogP contribution in [0.15, 0.2) is 23.6 Å². The summed E-state index contributed by atoms with van der Waals surface area (Å²) in [5.74, 6) is 0.624. The van der Waals surface area contributed by atoms with Gasteiger partial charge in [-0.05, 0) is 5.41 Å². The molecule has 3 heteroatoms. The average molecular weight is 155 g/mol. The highest BCUT2D eigenvalue weighted by Gasteiger charge is 1.85. The molecule has 0 aliphatic rings. The Morgan fingerprint density at radius 1 is 1.80 bits per heavy atom. The molecular formula is C7H9NOS. The molecule has 0 rings (SSSR count). The molecule has 0 saturated carbocycles. The minimum absolute atomic E-state index is 0.136. The first-order chi connectivity index (χ1) is 4.85. The minimum Gasteiger partial charge on any atom is -0.396 e. The van der Waals surface area contributed by atoms with Gasteiger partial charge in [0.25, 0.3) is 0 Å². The highest BCUT2D eigenvalue weighted by molar-refractivity contribution is 8.02. The Morgan fingerprint density at radius 2 is 2.50 bits per heavy atom. The third-order valence-electron chi connectivity index (χ3n) is 0.768. The van der Waals surface area contributed by atoms with E-state index in [-0.39, 0.29) is 6.61 Å². The fourth-order valence-electron chi connectivity index (χ4n) is 0.322. The molecule has 1 N–H and O–H groups in total. The van der Waals surface area contributed by atoms with Crippen LogP contribution < -0.4 is 0 Å². The van der Waals surface area contributed by atoms with Crippen molar-refractivity contribution in [3.05, 3.63) is 23.6 Å². The molecule has 0 aromatic heterocycles. The van der Waals surface area contributed by atoms with E-state index in [2.05, 4.69) is 6.58 Å². The van der Waals surface area contributed by atoms with Gasteiger partial charge < -0.3 is 5.11 Å². The van der Waals surface area contributed by atoms with Crippen molar-refractivity contribution in [3.8, 4) is 6.07 Å². The zero-order chi connectivity index (χ0) is 7.82. The third kappa shape index (κ3) is 4.19. The summed E-state index contributed by atoms with van der Waals surface area (Å²) in [6.45, 7) is 3.58. The Balaban J connectivity index is 3.67. The van der Waals surface area contributed by atoms with Crippen LogP contribution in [0.25, 0.3) is 0 Å². The van der Waals surface area contributed by atoms with Gasteiger partial charge in [0.2, 0.25) is 0 Å². The second-order valence-corrected chi connectivity index (χ2v) is 2.46. The Kier molecular flexibility index (Phi) is 5.94. The van der Waals surface area contributed by atoms with Crippen LogP contribution in [0.5, 0.6) is 0 Å². The maximum Gasteiger partial charge on any atom is 0.0996 e. The van der Waals surface area contributed by atoms with Gasteiger partial charge in [0, 0.05) is 5.75 Å². The average Bonchev–Trinajstić information content (AvgIpc) is 1.99. The van der Waals surface area contributed by atoms with E-state index in [1.165, 1.54) is 17.8 Å². The van der Waals surface area contributed by atoms with E-state index in [4.69, 9.17) is 10.4 Å². The maximum atomic E-state index is 8.37. The molecule has 0 unspecified atom stereocenters. The van der Waals surface area contributed by atoms with Crippen molar-refractivity contribution >= 4 is 11.8 Å². The molecule has 0 amide bonds. The largest absolute Gasteiger partial charge is 0.396 e. The summed E-state index contributed by atoms with van der Waals surface area (Å²) in [5.41, 5.74) is 0.540. The van der Waals surface area contributed by atoms with Gasteiger partial charge in [-0.2, -0.15) is 5.26 Å². The molecular weight excluding hydrogens is 146 g/mol. The van der Waals surface area contributed by atoms with Crippen molar-refractivity contribution in [1.82, 2.24) is 0 Å². The molecule has 0 fully saturated rings. The van der Waals surface area contributed by atoms with E-state index in [0.29, 0.717) is 11.3 Å². The summed E-state index contributed by atoms with van der Waals surface area (Å²) in [6.07, 6.45) is 1.49. The second-order valence-electron chi connectivity index (χ2n) is 1.48. The van der Waals surface area contributed by atoms with Crippen molar-refractivity contribution in [2.24, 2.45) is 0 Å². The van der Waals surface area contributed by atoms with Crippen LogP contribution >= 0.6 is 11.8 Å². The van der Waals surface area contributed by atoms with Crippen molar-refractivity contribution in [2.75, 3.05) is 12.4 Å². The van der Waals surface area contributed by atoms with Gasteiger partial charge in [-0.3, -0.25) is 0 Å². The zero-order valence-electron chi connectivity index (χ0n) is 5.58. The van der Waals surface area contributed by atoms with E-state index < -0.39 is 0 Å². The summed E-state index contributed by atoms with van der Waals surface area (Å²) in [7, 11) is 0. The molecule has 0 radical (unpaired) electrons. The van der Waals surface area contributed by atoms with Crippen LogP contribution in [0, 0.1) is 11.3 Å². The van der Waals surface area contributed by atoms with E-state index in [9.17, 15) is 0 Å². The lowest BCUT2D eigenvalue weighted by Crippen LogP contribution is -1.82. The summed E-state index contributed by atoms with van der Waals surface area (Å²) in [5, 5.41) is 18.4. The fourth-order valence-corrected chi connectivity index (χ4v) is 0.873. The zero-order valence-corrected chi connectivity index (χ0v) is 6.40. The van der Waals surface area contributed by atoms with E-state index in [1.54, 1.807) is 5.41 Å². The minimum atomic E-state index is 0.136. The lowest BCUT2D eigenvalue weighted by Gasteiger charge is -1.88. The van der Waals surface area contributed by atoms with Gasteiger partial charge in [0.15, 0.2) is 0 Å². The molecule has 0 aliphatic heterocycles. The Labute approximate surface area is 64.9 Å². The topological polar surface area (TPSA) is 44.0 Å². The molecule has 0 bridgehead atoms. The Morgan fingerprint density at radius 3 is 2.90 bits per heavy atom. The van der Waals surface area contributed by atoms with E-state index >= 15 is 0 Å². The molecule has 0 heterocycles. The lowest BCUT2D eigenvalue weighted by atomic mass is 10.3. The summed E-state index contributed by atoms with van der Waals surface area (Å²) >= 11 is 1.40. The number of aliphatic hydroxyl groups is 1. The highest BCUT2D eigenvalue weighted by Crippen LogP contribution is 2.05. The molecule has 0 aliphatic carbocycles. The van der Waals surface area contributed by atoms with Crippen LogP contribution in [0.4, 0.5) is 0 Å². The van der Waals surface area contributed by atoms with Crippen LogP contribution in [0.3, 0.4) is 0 Å². The summed E-state index contributed by atoms with van der Waals surface area (Å²) in [4.78, 5) is 0. The molecule has 2 nitrogen and oxygen atoms in total. The first-order valence-electron chi connectivity index (χ1n) is 2.80. The number of thioether (sulfide) groups is 1. The van der Waals surface area contributed by atoms with Gasteiger partial charge >= 0.3 is 0 Å². The number of nitrogens with zero attached hydrogens (tertiary/aromatic N) is 1. The Bertz CT molecular complexity index is 169. The number of hydrogen-bond acceptors (Lipinski definition) is 3.